The molecule has 0 fully saturated rings. The summed E-state index contributed by atoms with van der Waals surface area (Å²) in [7, 11) is 0. The van der Waals surface area contributed by atoms with E-state index in [1.165, 1.54) is 6.92 Å². The van der Waals surface area contributed by atoms with Crippen molar-refractivity contribution in [1.82, 2.24) is 0 Å². The molecule has 4 heteroatoms. The highest BCUT2D eigenvalue weighted by Gasteiger charge is 2.24. The molecule has 0 aliphatic carbocycles. The van der Waals surface area contributed by atoms with Crippen molar-refractivity contribution in [2.24, 2.45) is 0 Å². The Morgan fingerprint density at radius 2 is 1.43 bits per heavy atom. The van der Waals surface area contributed by atoms with Gasteiger partial charge in [0.1, 0.15) is 0 Å². The zero-order valence-corrected chi connectivity index (χ0v) is 16.0. The number of Topliss-reactive ketones (excluding diaryl/α,β-unsaturated/α-hetero) is 1. The van der Waals surface area contributed by atoms with Crippen LogP contribution in [0.25, 0.3) is 0 Å². The largest absolute Gasteiger partial charge is 0.452 e. The molecule has 0 saturated heterocycles. The SMILES string of the molecule is CC(=O)c1cccc(C(C)C(=O)OC(c2ccccc2)c2ccc(N)cc2)c1. The molecule has 0 spiro atoms. The van der Waals surface area contributed by atoms with Crippen LogP contribution in [0.15, 0.2) is 78.9 Å². The minimum absolute atomic E-state index is 0.0357. The summed E-state index contributed by atoms with van der Waals surface area (Å²) in [6.45, 7) is 3.29. The van der Waals surface area contributed by atoms with Crippen LogP contribution in [0.5, 0.6) is 0 Å². The van der Waals surface area contributed by atoms with Crippen LogP contribution in [0.4, 0.5) is 5.69 Å². The molecule has 2 N–H and O–H groups in total. The van der Waals surface area contributed by atoms with Crippen molar-refractivity contribution < 1.29 is 14.3 Å². The van der Waals surface area contributed by atoms with Gasteiger partial charge in [-0.15, -0.1) is 0 Å². The zero-order chi connectivity index (χ0) is 20.1. The minimum atomic E-state index is -0.535. The number of carbonyl (C=O) groups excluding carboxylic acids is 2. The van der Waals surface area contributed by atoms with Crippen LogP contribution in [0.3, 0.4) is 0 Å². The number of ether oxygens (including phenoxy) is 1. The lowest BCUT2D eigenvalue weighted by atomic mass is 9.97. The topological polar surface area (TPSA) is 69.4 Å². The quantitative estimate of drug-likeness (QED) is 0.379. The summed E-state index contributed by atoms with van der Waals surface area (Å²) in [6.07, 6.45) is -0.535. The number of nitrogen functional groups attached to an aromatic ring is 1. The lowest BCUT2D eigenvalue weighted by molar-refractivity contribution is -0.149. The number of nitrogens with two attached hydrogens (primary N) is 1. The summed E-state index contributed by atoms with van der Waals surface area (Å²) in [5.74, 6) is -0.892. The van der Waals surface area contributed by atoms with E-state index < -0.39 is 12.0 Å². The third-order valence-corrected chi connectivity index (χ3v) is 4.72. The van der Waals surface area contributed by atoms with Gasteiger partial charge >= 0.3 is 5.97 Å². The number of anilines is 1. The van der Waals surface area contributed by atoms with Gasteiger partial charge in [-0.25, -0.2) is 0 Å². The fourth-order valence-corrected chi connectivity index (χ4v) is 3.01. The van der Waals surface area contributed by atoms with Crippen molar-refractivity contribution in [2.75, 3.05) is 5.73 Å². The van der Waals surface area contributed by atoms with Gasteiger partial charge in [-0.2, -0.15) is 0 Å². The molecule has 3 rings (SSSR count). The van der Waals surface area contributed by atoms with Gasteiger partial charge in [-0.1, -0.05) is 60.7 Å². The summed E-state index contributed by atoms with van der Waals surface area (Å²) in [6, 6.07) is 24.0. The Morgan fingerprint density at radius 3 is 2.07 bits per heavy atom. The molecule has 0 aliphatic heterocycles. The fourth-order valence-electron chi connectivity index (χ4n) is 3.01. The van der Waals surface area contributed by atoms with Crippen LogP contribution in [0, 0.1) is 0 Å². The smallest absolute Gasteiger partial charge is 0.314 e. The zero-order valence-electron chi connectivity index (χ0n) is 16.0. The van der Waals surface area contributed by atoms with Gasteiger partial charge < -0.3 is 10.5 Å². The van der Waals surface area contributed by atoms with Crippen LogP contribution >= 0.6 is 0 Å². The van der Waals surface area contributed by atoms with Gasteiger partial charge in [-0.05, 0) is 48.7 Å². The third kappa shape index (κ3) is 4.46. The molecule has 3 aromatic rings. The maximum Gasteiger partial charge on any atom is 0.314 e. The van der Waals surface area contributed by atoms with E-state index in [0.29, 0.717) is 11.3 Å². The van der Waals surface area contributed by atoms with Crippen molar-refractivity contribution in [2.45, 2.75) is 25.9 Å². The highest BCUT2D eigenvalue weighted by atomic mass is 16.5. The number of benzene rings is 3. The Labute approximate surface area is 165 Å². The summed E-state index contributed by atoms with van der Waals surface area (Å²) in [5, 5.41) is 0. The molecule has 0 bridgehead atoms. The number of ketones is 1. The van der Waals surface area contributed by atoms with Crippen LogP contribution in [-0.2, 0) is 9.53 Å². The summed E-state index contributed by atoms with van der Waals surface area (Å²) in [5.41, 5.74) is 9.50. The maximum atomic E-state index is 12.9. The number of hydrogen-bond donors (Lipinski definition) is 1. The van der Waals surface area contributed by atoms with E-state index in [-0.39, 0.29) is 11.8 Å². The standard InChI is InChI=1S/C24H23NO3/c1-16(20-9-6-10-21(15-20)17(2)26)24(27)28-23(18-7-4-3-5-8-18)19-11-13-22(25)14-12-19/h3-16,23H,25H2,1-2H3. The molecule has 28 heavy (non-hydrogen) atoms. The van der Waals surface area contributed by atoms with Crippen molar-refractivity contribution >= 4 is 17.4 Å². The molecule has 4 nitrogen and oxygen atoms in total. The van der Waals surface area contributed by atoms with Gasteiger partial charge in [0, 0.05) is 11.3 Å². The average Bonchev–Trinajstić information content (AvgIpc) is 2.72. The third-order valence-electron chi connectivity index (χ3n) is 4.72. The lowest BCUT2D eigenvalue weighted by Gasteiger charge is -2.21. The van der Waals surface area contributed by atoms with Gasteiger partial charge in [0.15, 0.2) is 11.9 Å². The predicted molar refractivity (Wildman–Crippen MR) is 110 cm³/mol. The summed E-state index contributed by atoms with van der Waals surface area (Å²) in [4.78, 5) is 24.6. The summed E-state index contributed by atoms with van der Waals surface area (Å²) < 4.78 is 5.91. The number of rotatable bonds is 6. The molecule has 142 valence electrons. The van der Waals surface area contributed by atoms with Gasteiger partial charge in [-0.3, -0.25) is 9.59 Å². The first-order valence-corrected chi connectivity index (χ1v) is 9.17. The van der Waals surface area contributed by atoms with Gasteiger partial charge in [0.25, 0.3) is 0 Å². The van der Waals surface area contributed by atoms with E-state index in [2.05, 4.69) is 0 Å². The Hall–Kier alpha value is -3.40. The van der Waals surface area contributed by atoms with Gasteiger partial charge in [0.2, 0.25) is 0 Å². The Bertz CT molecular complexity index is 965. The molecular formula is C24H23NO3. The second-order valence-electron chi connectivity index (χ2n) is 6.80. The highest BCUT2D eigenvalue weighted by molar-refractivity contribution is 5.94. The van der Waals surface area contributed by atoms with Crippen molar-refractivity contribution in [1.29, 1.82) is 0 Å². The molecule has 0 saturated carbocycles. The van der Waals surface area contributed by atoms with Crippen LogP contribution in [-0.4, -0.2) is 11.8 Å². The summed E-state index contributed by atoms with van der Waals surface area (Å²) >= 11 is 0. The van der Waals surface area contributed by atoms with Crippen molar-refractivity contribution in [3.8, 4) is 0 Å². The maximum absolute atomic E-state index is 12.9. The molecule has 0 aromatic heterocycles. The van der Waals surface area contributed by atoms with Crippen molar-refractivity contribution in [3.05, 3.63) is 101 Å². The minimum Gasteiger partial charge on any atom is -0.452 e. The Balaban J connectivity index is 1.88. The average molecular weight is 373 g/mol. The number of carbonyl (C=O) groups is 2. The first-order chi connectivity index (χ1) is 13.5. The van der Waals surface area contributed by atoms with E-state index >= 15 is 0 Å². The van der Waals surface area contributed by atoms with E-state index in [1.807, 2.05) is 48.5 Å². The molecule has 0 aliphatic rings. The van der Waals surface area contributed by atoms with Crippen LogP contribution in [0.1, 0.15) is 52.9 Å². The van der Waals surface area contributed by atoms with Crippen LogP contribution in [0.2, 0.25) is 0 Å². The molecule has 0 heterocycles. The van der Waals surface area contributed by atoms with Crippen molar-refractivity contribution in [3.63, 3.8) is 0 Å². The highest BCUT2D eigenvalue weighted by Crippen LogP contribution is 2.29. The van der Waals surface area contributed by atoms with E-state index in [9.17, 15) is 9.59 Å². The van der Waals surface area contributed by atoms with E-state index in [1.54, 1.807) is 37.3 Å². The first-order valence-electron chi connectivity index (χ1n) is 9.17. The Morgan fingerprint density at radius 1 is 0.821 bits per heavy atom. The molecule has 3 aromatic carbocycles. The first kappa shape index (κ1) is 19.4. The molecule has 2 unspecified atom stereocenters. The predicted octanol–water partition coefficient (Wildman–Crippen LogP) is 4.91. The fraction of sp³-hybridized carbons (Fsp3) is 0.167. The normalized spacial score (nSPS) is 12.8. The monoisotopic (exact) mass is 373 g/mol. The number of hydrogen-bond acceptors (Lipinski definition) is 4. The van der Waals surface area contributed by atoms with Gasteiger partial charge in [0.05, 0.1) is 5.92 Å². The van der Waals surface area contributed by atoms with E-state index in [0.717, 1.165) is 16.7 Å². The van der Waals surface area contributed by atoms with E-state index in [4.69, 9.17) is 10.5 Å². The second-order valence-corrected chi connectivity index (χ2v) is 6.80. The Kier molecular flexibility index (Phi) is 5.90. The molecule has 0 amide bonds. The number of esters is 1. The van der Waals surface area contributed by atoms with Crippen LogP contribution < -0.4 is 5.73 Å². The second kappa shape index (κ2) is 8.53. The molecule has 0 radical (unpaired) electrons. The lowest BCUT2D eigenvalue weighted by Crippen LogP contribution is -2.18. The molecule has 2 atom stereocenters. The molecular weight excluding hydrogens is 350 g/mol.